The number of rotatable bonds is 5. The minimum absolute atomic E-state index is 0.0667. The smallest absolute Gasteiger partial charge is 0.147 e. The normalized spacial score (nSPS) is 45.5. The molecule has 1 aliphatic heterocycles. The Balaban J connectivity index is 2.03. The third-order valence-electron chi connectivity index (χ3n) is 7.04. The Labute approximate surface area is 145 Å². The fourth-order valence-corrected chi connectivity index (χ4v) is 5.73. The Kier molecular flexibility index (Phi) is 5.19. The lowest BCUT2D eigenvalue weighted by Crippen LogP contribution is -2.57. The summed E-state index contributed by atoms with van der Waals surface area (Å²) in [7, 11) is 0. The Bertz CT molecular complexity index is 502. The van der Waals surface area contributed by atoms with Crippen molar-refractivity contribution in [2.45, 2.75) is 59.2 Å². The molecule has 0 aromatic heterocycles. The quantitative estimate of drug-likeness (QED) is 0.784. The fourth-order valence-electron chi connectivity index (χ4n) is 5.73. The van der Waals surface area contributed by atoms with Crippen molar-refractivity contribution in [1.82, 2.24) is 0 Å². The Morgan fingerprint density at radius 3 is 2.79 bits per heavy atom. The van der Waals surface area contributed by atoms with Crippen LogP contribution in [0.5, 0.6) is 0 Å². The molecular weight excluding hydrogens is 304 g/mol. The first kappa shape index (κ1) is 18.1. The first-order valence-electron chi connectivity index (χ1n) is 9.50. The van der Waals surface area contributed by atoms with E-state index in [4.69, 9.17) is 9.47 Å². The van der Waals surface area contributed by atoms with Crippen LogP contribution < -0.4 is 0 Å². The average Bonchev–Trinajstić information content (AvgIpc) is 3.02. The van der Waals surface area contributed by atoms with Gasteiger partial charge in [-0.1, -0.05) is 46.3 Å². The van der Waals surface area contributed by atoms with E-state index in [1.165, 1.54) is 0 Å². The molecule has 0 aromatic carbocycles. The van der Waals surface area contributed by atoms with E-state index in [1.807, 2.05) is 0 Å². The molecule has 2 fully saturated rings. The number of carbonyl (C=O) groups is 1. The number of aliphatic hydroxyl groups is 1. The number of fused-ring (bicyclic) bond motifs is 3. The molecule has 1 unspecified atom stereocenters. The lowest BCUT2D eigenvalue weighted by molar-refractivity contribution is -0.146. The number of Topliss-reactive ketones (excluding diaryl/α,β-unsaturated/α-hetero) is 1. The summed E-state index contributed by atoms with van der Waals surface area (Å²) >= 11 is 0. The molecule has 0 radical (unpaired) electrons. The van der Waals surface area contributed by atoms with Crippen molar-refractivity contribution >= 4 is 5.78 Å². The van der Waals surface area contributed by atoms with Crippen molar-refractivity contribution in [1.29, 1.82) is 0 Å². The van der Waals surface area contributed by atoms with Gasteiger partial charge in [0.1, 0.15) is 12.6 Å². The van der Waals surface area contributed by atoms with Gasteiger partial charge in [0.15, 0.2) is 0 Å². The maximum atomic E-state index is 13.2. The first-order chi connectivity index (χ1) is 11.4. The Hall–Kier alpha value is -0.710. The number of aliphatic hydroxyl groups excluding tert-OH is 1. The number of allylic oxidation sites excluding steroid dienone is 1. The number of carbonyl (C=O) groups excluding carboxylic acids is 1. The van der Waals surface area contributed by atoms with Gasteiger partial charge in [-0.15, -0.1) is 0 Å². The second kappa shape index (κ2) is 6.89. The zero-order valence-corrected chi connectivity index (χ0v) is 15.4. The molecule has 0 spiro atoms. The summed E-state index contributed by atoms with van der Waals surface area (Å²) in [6.45, 7) is 9.14. The van der Waals surface area contributed by atoms with Gasteiger partial charge in [0.2, 0.25) is 0 Å². The van der Waals surface area contributed by atoms with Crippen molar-refractivity contribution < 1.29 is 19.4 Å². The standard InChI is InChI=1S/C20H32O4/c1-5-12(2)15-7-6-14-18(20(15,4)17(22)8-9-21)13(3)10-16-19(14)24-11-23-16/h6-7,12-16,18-19,21H,5,8-11H2,1-4H3/t12-,13-,14-,15?,16-,18+,19+,20-/m1/s1. The van der Waals surface area contributed by atoms with Gasteiger partial charge in [-0.3, -0.25) is 4.79 Å². The monoisotopic (exact) mass is 336 g/mol. The molecular formula is C20H32O4. The molecule has 1 saturated heterocycles. The molecule has 1 heterocycles. The highest BCUT2D eigenvalue weighted by atomic mass is 16.7. The largest absolute Gasteiger partial charge is 0.396 e. The molecule has 24 heavy (non-hydrogen) atoms. The van der Waals surface area contributed by atoms with E-state index in [0.29, 0.717) is 18.6 Å². The topological polar surface area (TPSA) is 55.8 Å². The minimum atomic E-state index is -0.437. The lowest BCUT2D eigenvalue weighted by Gasteiger charge is -2.55. The molecule has 3 rings (SSSR count). The molecule has 8 atom stereocenters. The van der Waals surface area contributed by atoms with Crippen molar-refractivity contribution in [3.8, 4) is 0 Å². The van der Waals surface area contributed by atoms with E-state index >= 15 is 0 Å². The van der Waals surface area contributed by atoms with Crippen molar-refractivity contribution in [3.05, 3.63) is 12.2 Å². The van der Waals surface area contributed by atoms with Gasteiger partial charge in [-0.05, 0) is 30.1 Å². The molecule has 136 valence electrons. The predicted molar refractivity (Wildman–Crippen MR) is 92.3 cm³/mol. The van der Waals surface area contributed by atoms with Gasteiger partial charge < -0.3 is 14.6 Å². The molecule has 4 heteroatoms. The SMILES string of the molecule is CC[C@@H](C)C1C=C[C@H]2[C@@H]3OCO[C@@H]3C[C@@H](C)[C@@H]2[C@@]1(C)C(=O)CCO. The van der Waals surface area contributed by atoms with Crippen molar-refractivity contribution in [3.63, 3.8) is 0 Å². The summed E-state index contributed by atoms with van der Waals surface area (Å²) in [4.78, 5) is 13.2. The molecule has 0 bridgehead atoms. The summed E-state index contributed by atoms with van der Waals surface area (Å²) < 4.78 is 11.7. The molecule has 0 aromatic rings. The first-order valence-corrected chi connectivity index (χ1v) is 9.50. The van der Waals surface area contributed by atoms with Crippen LogP contribution in [0.1, 0.15) is 47.0 Å². The van der Waals surface area contributed by atoms with Crippen LogP contribution in [-0.4, -0.2) is 36.5 Å². The van der Waals surface area contributed by atoms with Crippen LogP contribution in [0.25, 0.3) is 0 Å². The van der Waals surface area contributed by atoms with Crippen LogP contribution in [0.15, 0.2) is 12.2 Å². The summed E-state index contributed by atoms with van der Waals surface area (Å²) in [5.74, 6) is 1.77. The number of hydrogen-bond acceptors (Lipinski definition) is 4. The number of hydrogen-bond donors (Lipinski definition) is 1. The van der Waals surface area contributed by atoms with Gasteiger partial charge in [0, 0.05) is 24.4 Å². The van der Waals surface area contributed by atoms with Crippen LogP contribution in [0.3, 0.4) is 0 Å². The third-order valence-corrected chi connectivity index (χ3v) is 7.04. The van der Waals surface area contributed by atoms with E-state index in [2.05, 4.69) is 39.8 Å². The summed E-state index contributed by atoms with van der Waals surface area (Å²) in [5.41, 5.74) is -0.437. The molecule has 1 N–H and O–H groups in total. The lowest BCUT2D eigenvalue weighted by atomic mass is 9.49. The minimum Gasteiger partial charge on any atom is -0.396 e. The van der Waals surface area contributed by atoms with Gasteiger partial charge in [-0.25, -0.2) is 0 Å². The second-order valence-electron chi connectivity index (χ2n) is 8.25. The predicted octanol–water partition coefficient (Wildman–Crippen LogP) is 3.19. The maximum Gasteiger partial charge on any atom is 0.147 e. The van der Waals surface area contributed by atoms with Gasteiger partial charge in [-0.2, -0.15) is 0 Å². The fraction of sp³-hybridized carbons (Fsp3) is 0.850. The molecule has 0 amide bonds. The summed E-state index contributed by atoms with van der Waals surface area (Å²) in [5, 5.41) is 9.39. The van der Waals surface area contributed by atoms with Crippen LogP contribution in [-0.2, 0) is 14.3 Å². The second-order valence-corrected chi connectivity index (χ2v) is 8.25. The molecule has 3 aliphatic rings. The maximum absolute atomic E-state index is 13.2. The number of ether oxygens (including phenoxy) is 2. The van der Waals surface area contributed by atoms with Crippen LogP contribution >= 0.6 is 0 Å². The van der Waals surface area contributed by atoms with Crippen LogP contribution in [0.2, 0.25) is 0 Å². The van der Waals surface area contributed by atoms with E-state index in [1.54, 1.807) is 0 Å². The molecule has 1 saturated carbocycles. The molecule has 2 aliphatic carbocycles. The van der Waals surface area contributed by atoms with Crippen LogP contribution in [0, 0.1) is 35.0 Å². The van der Waals surface area contributed by atoms with E-state index < -0.39 is 5.41 Å². The average molecular weight is 336 g/mol. The molecule has 4 nitrogen and oxygen atoms in total. The van der Waals surface area contributed by atoms with E-state index in [-0.39, 0.29) is 48.8 Å². The van der Waals surface area contributed by atoms with Crippen molar-refractivity contribution in [2.24, 2.45) is 35.0 Å². The highest BCUT2D eigenvalue weighted by Crippen LogP contribution is 2.57. The number of ketones is 1. The van der Waals surface area contributed by atoms with Crippen LogP contribution in [0.4, 0.5) is 0 Å². The van der Waals surface area contributed by atoms with Gasteiger partial charge in [0.25, 0.3) is 0 Å². The zero-order chi connectivity index (χ0) is 17.5. The van der Waals surface area contributed by atoms with Crippen molar-refractivity contribution in [2.75, 3.05) is 13.4 Å². The summed E-state index contributed by atoms with van der Waals surface area (Å²) in [6.07, 6.45) is 7.05. The Morgan fingerprint density at radius 2 is 2.12 bits per heavy atom. The van der Waals surface area contributed by atoms with E-state index in [0.717, 1.165) is 12.8 Å². The van der Waals surface area contributed by atoms with E-state index in [9.17, 15) is 9.90 Å². The Morgan fingerprint density at radius 1 is 1.38 bits per heavy atom. The zero-order valence-electron chi connectivity index (χ0n) is 15.4. The summed E-state index contributed by atoms with van der Waals surface area (Å²) in [6, 6.07) is 0. The highest BCUT2D eigenvalue weighted by molar-refractivity contribution is 5.86. The van der Waals surface area contributed by atoms with Gasteiger partial charge in [0.05, 0.1) is 12.2 Å². The third kappa shape index (κ3) is 2.67. The highest BCUT2D eigenvalue weighted by Gasteiger charge is 2.58. The van der Waals surface area contributed by atoms with Gasteiger partial charge >= 0.3 is 0 Å².